The number of hydrogen-bond acceptors (Lipinski definition) is 0. The van der Waals surface area contributed by atoms with Crippen molar-refractivity contribution in [2.24, 2.45) is 0 Å². The highest BCUT2D eigenvalue weighted by Gasteiger charge is 2.14. The smallest absolute Gasteiger partial charge is 0.0541 e. The summed E-state index contributed by atoms with van der Waals surface area (Å²) in [7, 11) is 0. The van der Waals surface area contributed by atoms with E-state index in [9.17, 15) is 0 Å². The Morgan fingerprint density at radius 1 is 0.269 bits per heavy atom. The first-order valence-corrected chi connectivity index (χ1v) is 17.8. The van der Waals surface area contributed by atoms with E-state index in [2.05, 4.69) is 215 Å². The summed E-state index contributed by atoms with van der Waals surface area (Å²) < 4.78 is 4.73. The van der Waals surface area contributed by atoms with Gasteiger partial charge in [-0.3, -0.25) is 0 Å². The van der Waals surface area contributed by atoms with Gasteiger partial charge in [0.25, 0.3) is 0 Å². The zero-order chi connectivity index (χ0) is 34.4. The Labute approximate surface area is 302 Å². The first-order valence-electron chi connectivity index (χ1n) is 17.8. The zero-order valence-corrected chi connectivity index (χ0v) is 28.5. The van der Waals surface area contributed by atoms with Crippen molar-refractivity contribution in [3.63, 3.8) is 0 Å². The van der Waals surface area contributed by atoms with Gasteiger partial charge in [0.2, 0.25) is 0 Å². The SMILES string of the molecule is C(=C\c1ccc(-c2ccc3c(c2)c2ccccc2n3-c2ccccc2)cc1)/c1ccc(-c2cccc(-n3c4ccccc4c4ccccc43)c2)cc1. The van der Waals surface area contributed by atoms with Gasteiger partial charge in [0, 0.05) is 32.9 Å². The third-order valence-corrected chi connectivity index (χ3v) is 10.3. The van der Waals surface area contributed by atoms with Gasteiger partial charge in [0.1, 0.15) is 0 Å². The Hall–Kier alpha value is -6.90. The average Bonchev–Trinajstić information content (AvgIpc) is 3.74. The molecular weight excluding hydrogens is 629 g/mol. The van der Waals surface area contributed by atoms with E-state index in [-0.39, 0.29) is 0 Å². The summed E-state index contributed by atoms with van der Waals surface area (Å²) in [5, 5.41) is 5.09. The van der Waals surface area contributed by atoms with E-state index in [1.807, 2.05) is 0 Å². The fraction of sp³-hybridized carbons (Fsp3) is 0. The molecule has 0 saturated heterocycles. The van der Waals surface area contributed by atoms with Gasteiger partial charge in [0.15, 0.2) is 0 Å². The molecule has 0 saturated carbocycles. The minimum atomic E-state index is 1.17. The van der Waals surface area contributed by atoms with Gasteiger partial charge < -0.3 is 9.13 Å². The lowest BCUT2D eigenvalue weighted by molar-refractivity contribution is 1.18. The van der Waals surface area contributed by atoms with Crippen molar-refractivity contribution in [1.29, 1.82) is 0 Å². The van der Waals surface area contributed by atoms with Gasteiger partial charge in [-0.15, -0.1) is 0 Å². The largest absolute Gasteiger partial charge is 0.309 e. The van der Waals surface area contributed by atoms with E-state index in [1.54, 1.807) is 0 Å². The zero-order valence-electron chi connectivity index (χ0n) is 28.5. The molecule has 52 heavy (non-hydrogen) atoms. The Morgan fingerprint density at radius 3 is 1.27 bits per heavy atom. The molecule has 2 heteroatoms. The minimum Gasteiger partial charge on any atom is -0.309 e. The van der Waals surface area contributed by atoms with Gasteiger partial charge in [-0.05, 0) is 88.0 Å². The maximum absolute atomic E-state index is 2.37. The fourth-order valence-electron chi connectivity index (χ4n) is 7.80. The van der Waals surface area contributed by atoms with Crippen LogP contribution in [0.4, 0.5) is 0 Å². The average molecular weight is 663 g/mol. The van der Waals surface area contributed by atoms with Crippen molar-refractivity contribution in [3.05, 3.63) is 205 Å². The molecule has 0 fully saturated rings. The summed E-state index contributed by atoms with van der Waals surface area (Å²) in [4.78, 5) is 0. The molecule has 244 valence electrons. The Morgan fingerprint density at radius 2 is 0.692 bits per heavy atom. The topological polar surface area (TPSA) is 9.86 Å². The maximum Gasteiger partial charge on any atom is 0.0541 e. The summed E-state index contributed by atoms with van der Waals surface area (Å²) in [6.07, 6.45) is 4.39. The third-order valence-electron chi connectivity index (χ3n) is 10.3. The van der Waals surface area contributed by atoms with Gasteiger partial charge >= 0.3 is 0 Å². The lowest BCUT2D eigenvalue weighted by Crippen LogP contribution is -1.94. The van der Waals surface area contributed by atoms with Crippen LogP contribution in [0.15, 0.2) is 194 Å². The second kappa shape index (κ2) is 12.5. The quantitative estimate of drug-likeness (QED) is 0.157. The first kappa shape index (κ1) is 30.0. The second-order valence-electron chi connectivity index (χ2n) is 13.4. The number of rotatable bonds is 6. The molecule has 2 aromatic heterocycles. The molecule has 10 aromatic rings. The van der Waals surface area contributed by atoms with Gasteiger partial charge in [0.05, 0.1) is 22.1 Å². The van der Waals surface area contributed by atoms with Crippen LogP contribution >= 0.6 is 0 Å². The maximum atomic E-state index is 2.37. The van der Waals surface area contributed by atoms with Crippen LogP contribution < -0.4 is 0 Å². The molecule has 0 aliphatic carbocycles. The number of nitrogens with zero attached hydrogens (tertiary/aromatic N) is 2. The minimum absolute atomic E-state index is 1.17. The molecule has 10 rings (SSSR count). The Balaban J connectivity index is 0.899. The normalized spacial score (nSPS) is 11.8. The summed E-state index contributed by atoms with van der Waals surface area (Å²) in [5.41, 5.74) is 14.4. The fourth-order valence-corrected chi connectivity index (χ4v) is 7.80. The predicted octanol–water partition coefficient (Wildman–Crippen LogP) is 13.4. The molecule has 0 amide bonds. The molecule has 0 radical (unpaired) electrons. The summed E-state index contributed by atoms with van der Waals surface area (Å²) in [5.74, 6) is 0. The number of para-hydroxylation sites is 4. The van der Waals surface area contributed by atoms with E-state index in [0.717, 1.165) is 0 Å². The van der Waals surface area contributed by atoms with Crippen molar-refractivity contribution >= 4 is 55.8 Å². The van der Waals surface area contributed by atoms with Crippen molar-refractivity contribution < 1.29 is 0 Å². The van der Waals surface area contributed by atoms with Crippen LogP contribution in [0.1, 0.15) is 11.1 Å². The third kappa shape index (κ3) is 5.12. The molecule has 0 bridgehead atoms. The highest BCUT2D eigenvalue weighted by molar-refractivity contribution is 6.11. The molecule has 8 aromatic carbocycles. The van der Waals surface area contributed by atoms with Crippen LogP contribution in [0.25, 0.3) is 89.4 Å². The van der Waals surface area contributed by atoms with Crippen molar-refractivity contribution in [1.82, 2.24) is 9.13 Å². The molecule has 2 heterocycles. The molecule has 0 atom stereocenters. The molecule has 0 aliphatic heterocycles. The molecule has 0 unspecified atom stereocenters. The number of benzene rings is 8. The Kier molecular flexibility index (Phi) is 7.18. The van der Waals surface area contributed by atoms with Gasteiger partial charge in [-0.25, -0.2) is 0 Å². The standard InChI is InChI=1S/C50H34N2/c1-2-12-41(13-3-1)51-49-20-9-6-17-45(49)46-34-40(31-32-50(46)51)38-29-25-36(26-30-38)22-21-35-23-27-37(28-24-35)39-11-10-14-42(33-39)52-47-18-7-4-15-43(47)44-16-5-8-19-48(44)52/h1-34H/b22-21+. The summed E-state index contributed by atoms with van der Waals surface area (Å²) >= 11 is 0. The first-order chi connectivity index (χ1) is 25.8. The molecule has 2 nitrogen and oxygen atoms in total. The van der Waals surface area contributed by atoms with E-state index < -0.39 is 0 Å². The monoisotopic (exact) mass is 662 g/mol. The Bertz CT molecular complexity index is 2870. The number of fused-ring (bicyclic) bond motifs is 6. The molecular formula is C50H34N2. The van der Waals surface area contributed by atoms with Crippen LogP contribution in [0.2, 0.25) is 0 Å². The van der Waals surface area contributed by atoms with E-state index in [4.69, 9.17) is 0 Å². The van der Waals surface area contributed by atoms with Crippen molar-refractivity contribution in [3.8, 4) is 33.6 Å². The molecule has 0 aliphatic rings. The van der Waals surface area contributed by atoms with E-state index in [1.165, 1.54) is 88.4 Å². The van der Waals surface area contributed by atoms with Gasteiger partial charge in [-0.2, -0.15) is 0 Å². The molecule has 0 N–H and O–H groups in total. The summed E-state index contributed by atoms with van der Waals surface area (Å²) in [6, 6.07) is 70.0. The highest BCUT2D eigenvalue weighted by atomic mass is 15.0. The van der Waals surface area contributed by atoms with Crippen molar-refractivity contribution in [2.45, 2.75) is 0 Å². The van der Waals surface area contributed by atoms with Crippen LogP contribution in [0.3, 0.4) is 0 Å². The highest BCUT2D eigenvalue weighted by Crippen LogP contribution is 2.36. The van der Waals surface area contributed by atoms with Crippen LogP contribution in [-0.2, 0) is 0 Å². The van der Waals surface area contributed by atoms with Crippen LogP contribution in [-0.4, -0.2) is 9.13 Å². The van der Waals surface area contributed by atoms with Crippen molar-refractivity contribution in [2.75, 3.05) is 0 Å². The lowest BCUT2D eigenvalue weighted by Gasteiger charge is -2.10. The summed E-state index contributed by atoms with van der Waals surface area (Å²) in [6.45, 7) is 0. The van der Waals surface area contributed by atoms with E-state index in [0.29, 0.717) is 0 Å². The number of hydrogen-bond donors (Lipinski definition) is 0. The van der Waals surface area contributed by atoms with Crippen LogP contribution in [0.5, 0.6) is 0 Å². The van der Waals surface area contributed by atoms with Crippen LogP contribution in [0, 0.1) is 0 Å². The van der Waals surface area contributed by atoms with Gasteiger partial charge in [-0.1, -0.05) is 152 Å². The predicted molar refractivity (Wildman–Crippen MR) is 221 cm³/mol. The molecule has 0 spiro atoms. The lowest BCUT2D eigenvalue weighted by atomic mass is 10.0. The van der Waals surface area contributed by atoms with E-state index >= 15 is 0 Å². The number of aromatic nitrogens is 2. The second-order valence-corrected chi connectivity index (χ2v) is 13.4.